The van der Waals surface area contributed by atoms with Crippen LogP contribution in [-0.4, -0.2) is 62.1 Å². The first-order valence-electron chi connectivity index (χ1n) is 9.75. The molecule has 0 unspecified atom stereocenters. The van der Waals surface area contributed by atoms with Crippen LogP contribution in [-0.2, 0) is 19.1 Å². The lowest BCUT2D eigenvalue weighted by Crippen LogP contribution is -2.67. The van der Waals surface area contributed by atoms with E-state index in [2.05, 4.69) is 6.58 Å². The number of amides is 1. The Hall–Kier alpha value is -2.32. The van der Waals surface area contributed by atoms with Gasteiger partial charge in [-0.05, 0) is 39.8 Å². The number of β-lactam (4-membered cyclic amide) rings is 1. The number of aliphatic hydroxyl groups is 1. The Morgan fingerprint density at radius 2 is 1.97 bits per heavy atom. The Labute approximate surface area is 180 Å². The minimum atomic E-state index is -1.54. The van der Waals surface area contributed by atoms with E-state index in [1.54, 1.807) is 38.1 Å². The first kappa shape index (κ1) is 22.4. The summed E-state index contributed by atoms with van der Waals surface area (Å²) in [6.07, 6.45) is -0.0775. The van der Waals surface area contributed by atoms with Crippen LogP contribution in [0.4, 0.5) is 0 Å². The van der Waals surface area contributed by atoms with E-state index in [-0.39, 0.29) is 6.61 Å². The second-order valence-electron chi connectivity index (χ2n) is 8.44. The van der Waals surface area contributed by atoms with Crippen LogP contribution in [0.25, 0.3) is 0 Å². The fourth-order valence-corrected chi connectivity index (χ4v) is 5.60. The Bertz CT molecular complexity index is 852. The van der Waals surface area contributed by atoms with Crippen molar-refractivity contribution in [3.8, 4) is 5.75 Å². The van der Waals surface area contributed by atoms with Crippen LogP contribution in [0.3, 0.4) is 0 Å². The smallest absolute Gasteiger partial charge is 0.330 e. The van der Waals surface area contributed by atoms with Gasteiger partial charge in [0.15, 0.2) is 5.60 Å². The SMILES string of the molecule is C=CCOC(=O)[C@@H]1N2C(=O)[C@@H]([C@H](O)C(=O)C(C)(C)Oc3ccccc3)[C@H]2SC1(C)C. The summed E-state index contributed by atoms with van der Waals surface area (Å²) in [5, 5.41) is 10.3. The number of carbonyl (C=O) groups is 3. The number of para-hydroxylation sites is 1. The molecule has 7 nitrogen and oxygen atoms in total. The molecular formula is C22H27NO6S. The number of hydrogen-bond acceptors (Lipinski definition) is 7. The van der Waals surface area contributed by atoms with Gasteiger partial charge in [0.1, 0.15) is 30.4 Å². The summed E-state index contributed by atoms with van der Waals surface area (Å²) >= 11 is 1.39. The number of benzene rings is 1. The summed E-state index contributed by atoms with van der Waals surface area (Å²) < 4.78 is 10.3. The second kappa shape index (κ2) is 8.07. The van der Waals surface area contributed by atoms with Crippen LogP contribution < -0.4 is 4.74 Å². The van der Waals surface area contributed by atoms with Gasteiger partial charge in [-0.2, -0.15) is 0 Å². The monoisotopic (exact) mass is 433 g/mol. The highest BCUT2D eigenvalue weighted by Gasteiger charge is 2.66. The molecule has 8 heteroatoms. The van der Waals surface area contributed by atoms with Gasteiger partial charge in [0.25, 0.3) is 0 Å². The number of carbonyl (C=O) groups excluding carboxylic acids is 3. The zero-order chi connectivity index (χ0) is 22.3. The molecular weight excluding hydrogens is 406 g/mol. The lowest BCUT2D eigenvalue weighted by atomic mass is 9.82. The summed E-state index contributed by atoms with van der Waals surface area (Å²) in [5.74, 6) is -1.98. The van der Waals surface area contributed by atoms with E-state index in [9.17, 15) is 19.5 Å². The molecule has 2 saturated heterocycles. The summed E-state index contributed by atoms with van der Waals surface area (Å²) in [7, 11) is 0. The highest BCUT2D eigenvalue weighted by Crippen LogP contribution is 2.54. The summed E-state index contributed by atoms with van der Waals surface area (Å²) in [5.41, 5.74) is -1.33. The first-order valence-corrected chi connectivity index (χ1v) is 10.6. The van der Waals surface area contributed by atoms with Crippen LogP contribution in [0.15, 0.2) is 43.0 Å². The molecule has 4 atom stereocenters. The summed E-state index contributed by atoms with van der Waals surface area (Å²) in [6, 6.07) is 8.03. The average Bonchev–Trinajstić information content (AvgIpc) is 2.93. The fraction of sp³-hybridized carbons (Fsp3) is 0.500. The highest BCUT2D eigenvalue weighted by molar-refractivity contribution is 8.01. The van der Waals surface area contributed by atoms with Crippen molar-refractivity contribution in [1.29, 1.82) is 0 Å². The van der Waals surface area contributed by atoms with Crippen LogP contribution in [0, 0.1) is 5.92 Å². The molecule has 0 aromatic heterocycles. The van der Waals surface area contributed by atoms with Gasteiger partial charge in [0.2, 0.25) is 11.7 Å². The minimum absolute atomic E-state index is 0.0539. The van der Waals surface area contributed by atoms with Crippen molar-refractivity contribution in [2.24, 2.45) is 5.92 Å². The van der Waals surface area contributed by atoms with Crippen molar-refractivity contribution < 1.29 is 29.0 Å². The Morgan fingerprint density at radius 3 is 2.57 bits per heavy atom. The van der Waals surface area contributed by atoms with Gasteiger partial charge in [0, 0.05) is 4.75 Å². The van der Waals surface area contributed by atoms with Crippen molar-refractivity contribution in [1.82, 2.24) is 4.90 Å². The van der Waals surface area contributed by atoms with E-state index in [1.807, 2.05) is 19.9 Å². The Kier molecular flexibility index (Phi) is 6.02. The second-order valence-corrected chi connectivity index (χ2v) is 10.2. The highest BCUT2D eigenvalue weighted by atomic mass is 32.2. The van der Waals surface area contributed by atoms with Gasteiger partial charge in [-0.1, -0.05) is 30.9 Å². The van der Waals surface area contributed by atoms with Crippen molar-refractivity contribution >= 4 is 29.4 Å². The summed E-state index contributed by atoms with van der Waals surface area (Å²) in [4.78, 5) is 39.8. The lowest BCUT2D eigenvalue weighted by molar-refractivity contribution is -0.174. The quantitative estimate of drug-likeness (QED) is 0.382. The molecule has 1 amide bonds. The Balaban J connectivity index is 1.75. The summed E-state index contributed by atoms with van der Waals surface area (Å²) in [6.45, 7) is 10.4. The maximum Gasteiger partial charge on any atom is 0.330 e. The third-order valence-electron chi connectivity index (χ3n) is 5.37. The zero-order valence-electron chi connectivity index (χ0n) is 17.5. The van der Waals surface area contributed by atoms with Crippen LogP contribution in [0.5, 0.6) is 5.75 Å². The van der Waals surface area contributed by atoms with Gasteiger partial charge < -0.3 is 19.5 Å². The number of aliphatic hydroxyl groups excluding tert-OH is 1. The van der Waals surface area contributed by atoms with Gasteiger partial charge in [-0.15, -0.1) is 11.8 Å². The van der Waals surface area contributed by atoms with E-state index in [0.29, 0.717) is 5.75 Å². The largest absolute Gasteiger partial charge is 0.480 e. The predicted octanol–water partition coefficient (Wildman–Crippen LogP) is 2.18. The molecule has 30 heavy (non-hydrogen) atoms. The van der Waals surface area contributed by atoms with Crippen molar-refractivity contribution in [2.45, 2.75) is 55.6 Å². The Morgan fingerprint density at radius 1 is 1.33 bits per heavy atom. The number of hydrogen-bond donors (Lipinski definition) is 1. The molecule has 2 aliphatic heterocycles. The molecule has 2 heterocycles. The van der Waals surface area contributed by atoms with E-state index < -0.39 is 51.4 Å². The first-order chi connectivity index (χ1) is 14.0. The third-order valence-corrected chi connectivity index (χ3v) is 6.96. The van der Waals surface area contributed by atoms with Gasteiger partial charge >= 0.3 is 5.97 Å². The van der Waals surface area contributed by atoms with E-state index in [1.165, 1.54) is 22.7 Å². The fourth-order valence-electron chi connectivity index (χ4n) is 3.89. The zero-order valence-corrected chi connectivity index (χ0v) is 18.3. The number of ether oxygens (including phenoxy) is 2. The molecule has 0 radical (unpaired) electrons. The van der Waals surface area contributed by atoms with Gasteiger partial charge in [-0.25, -0.2) is 4.79 Å². The minimum Gasteiger partial charge on any atom is -0.480 e. The van der Waals surface area contributed by atoms with Crippen molar-refractivity contribution in [3.63, 3.8) is 0 Å². The molecule has 0 aliphatic carbocycles. The molecule has 2 aliphatic rings. The molecule has 1 aromatic rings. The van der Waals surface area contributed by atoms with E-state index in [4.69, 9.17) is 9.47 Å². The maximum atomic E-state index is 13.0. The molecule has 0 bridgehead atoms. The van der Waals surface area contributed by atoms with Crippen LogP contribution in [0.1, 0.15) is 27.7 Å². The van der Waals surface area contributed by atoms with Crippen molar-refractivity contribution in [3.05, 3.63) is 43.0 Å². The van der Waals surface area contributed by atoms with Crippen LogP contribution in [0.2, 0.25) is 0 Å². The van der Waals surface area contributed by atoms with Crippen molar-refractivity contribution in [2.75, 3.05) is 6.61 Å². The number of ketones is 1. The number of fused-ring (bicyclic) bond motifs is 1. The number of rotatable bonds is 8. The number of thioether (sulfide) groups is 1. The van der Waals surface area contributed by atoms with Crippen LogP contribution >= 0.6 is 11.8 Å². The van der Waals surface area contributed by atoms with Gasteiger partial charge in [0.05, 0.1) is 5.37 Å². The third kappa shape index (κ3) is 3.86. The normalized spacial score (nSPS) is 25.7. The van der Waals surface area contributed by atoms with E-state index >= 15 is 0 Å². The predicted molar refractivity (Wildman–Crippen MR) is 113 cm³/mol. The number of nitrogens with zero attached hydrogens (tertiary/aromatic N) is 1. The lowest BCUT2D eigenvalue weighted by Gasteiger charge is -2.46. The number of esters is 1. The molecule has 2 fully saturated rings. The van der Waals surface area contributed by atoms with Gasteiger partial charge in [-0.3, -0.25) is 9.59 Å². The average molecular weight is 434 g/mol. The number of Topliss-reactive ketones (excluding diaryl/α,β-unsaturated/α-hetero) is 1. The molecule has 0 spiro atoms. The molecule has 162 valence electrons. The topological polar surface area (TPSA) is 93.1 Å². The molecule has 3 rings (SSSR count). The molecule has 0 saturated carbocycles. The molecule has 1 aromatic carbocycles. The standard InChI is InChI=1S/C22H27NO6S/c1-6-12-28-20(27)16-22(4,5)30-19-14(18(26)23(16)19)15(24)17(25)21(2,3)29-13-10-8-7-9-11-13/h6-11,14-16,19,24H,1,12H2,2-5H3/t14-,15+,16+,19-/m1/s1. The van der Waals surface area contributed by atoms with E-state index in [0.717, 1.165) is 0 Å². The molecule has 1 N–H and O–H groups in total. The maximum absolute atomic E-state index is 13.0.